The monoisotopic (exact) mass is 357 g/mol. The molecule has 7 nitrogen and oxygen atoms in total. The van der Waals surface area contributed by atoms with Crippen LogP contribution in [0.25, 0.3) is 0 Å². The summed E-state index contributed by atoms with van der Waals surface area (Å²) in [4.78, 5) is 26.0. The number of benzene rings is 1. The first-order chi connectivity index (χ1) is 12.3. The van der Waals surface area contributed by atoms with Gasteiger partial charge in [0.1, 0.15) is 0 Å². The third-order valence-corrected chi connectivity index (χ3v) is 5.72. The number of imide groups is 1. The second-order valence-corrected chi connectivity index (χ2v) is 7.42. The van der Waals surface area contributed by atoms with Crippen LogP contribution in [0.15, 0.2) is 29.4 Å². The van der Waals surface area contributed by atoms with Gasteiger partial charge in [0.25, 0.3) is 11.8 Å². The van der Waals surface area contributed by atoms with Gasteiger partial charge in [0.05, 0.1) is 17.2 Å². The van der Waals surface area contributed by atoms with Crippen LogP contribution in [0.5, 0.6) is 0 Å². The van der Waals surface area contributed by atoms with Gasteiger partial charge < -0.3 is 0 Å². The fourth-order valence-electron chi connectivity index (χ4n) is 3.51. The highest BCUT2D eigenvalue weighted by Gasteiger charge is 2.34. The van der Waals surface area contributed by atoms with E-state index in [-0.39, 0.29) is 11.8 Å². The Labute approximate surface area is 149 Å². The van der Waals surface area contributed by atoms with Crippen molar-refractivity contribution < 1.29 is 9.59 Å². The smallest absolute Gasteiger partial charge is 0.261 e. The van der Waals surface area contributed by atoms with E-state index in [4.69, 9.17) is 0 Å². The lowest BCUT2D eigenvalue weighted by atomic mass is 9.96. The number of amides is 2. The Kier molecular flexibility index (Phi) is 4.52. The fraction of sp³-hybridized carbons (Fsp3) is 0.471. The molecule has 0 spiro atoms. The average molecular weight is 357 g/mol. The van der Waals surface area contributed by atoms with E-state index in [0.717, 1.165) is 18.0 Å². The maximum Gasteiger partial charge on any atom is 0.261 e. The predicted molar refractivity (Wildman–Crippen MR) is 92.5 cm³/mol. The lowest BCUT2D eigenvalue weighted by molar-refractivity contribution is 0.0664. The van der Waals surface area contributed by atoms with E-state index >= 15 is 0 Å². The third kappa shape index (κ3) is 3.06. The number of thioether (sulfide) groups is 1. The van der Waals surface area contributed by atoms with Gasteiger partial charge in [-0.1, -0.05) is 43.2 Å². The summed E-state index contributed by atoms with van der Waals surface area (Å²) < 4.78 is 1.91. The predicted octanol–water partition coefficient (Wildman–Crippen LogP) is 2.57. The second kappa shape index (κ2) is 6.95. The largest absolute Gasteiger partial charge is 0.273 e. The van der Waals surface area contributed by atoms with Gasteiger partial charge in [-0.2, -0.15) is 0 Å². The SMILES string of the molecule is O=C1c2ccccc2C(=O)N1CCSc1nnnn1C1CCCCC1. The standard InChI is InChI=1S/C17H19N5O2S/c23-15-13-8-4-5-9-14(13)16(24)21(15)10-11-25-17-18-19-20-22(17)12-6-2-1-3-7-12/h4-5,8-9,12H,1-3,6-7,10-11H2. The Bertz CT molecular complexity index is 765. The van der Waals surface area contributed by atoms with Crippen molar-refractivity contribution in [3.63, 3.8) is 0 Å². The van der Waals surface area contributed by atoms with Crippen LogP contribution in [-0.2, 0) is 0 Å². The van der Waals surface area contributed by atoms with Crippen LogP contribution in [0, 0.1) is 0 Å². The topological polar surface area (TPSA) is 81.0 Å². The van der Waals surface area contributed by atoms with E-state index in [0.29, 0.717) is 29.5 Å². The van der Waals surface area contributed by atoms with Crippen LogP contribution >= 0.6 is 11.8 Å². The van der Waals surface area contributed by atoms with Gasteiger partial charge in [0.2, 0.25) is 5.16 Å². The quantitative estimate of drug-likeness (QED) is 0.604. The van der Waals surface area contributed by atoms with Crippen molar-refractivity contribution in [1.82, 2.24) is 25.1 Å². The lowest BCUT2D eigenvalue weighted by Crippen LogP contribution is -2.31. The molecule has 8 heteroatoms. The lowest BCUT2D eigenvalue weighted by Gasteiger charge is -2.22. The molecule has 1 aromatic carbocycles. The molecule has 4 rings (SSSR count). The molecule has 2 amide bonds. The Morgan fingerprint density at radius 1 is 1.04 bits per heavy atom. The van der Waals surface area contributed by atoms with Crippen molar-refractivity contribution >= 4 is 23.6 Å². The first-order valence-corrected chi connectivity index (χ1v) is 9.60. The molecule has 1 saturated carbocycles. The molecule has 2 aliphatic rings. The van der Waals surface area contributed by atoms with Gasteiger partial charge in [0.15, 0.2) is 0 Å². The van der Waals surface area contributed by atoms with Gasteiger partial charge >= 0.3 is 0 Å². The molecule has 1 aliphatic carbocycles. The van der Waals surface area contributed by atoms with Crippen LogP contribution in [0.1, 0.15) is 58.9 Å². The minimum absolute atomic E-state index is 0.215. The molecular weight excluding hydrogens is 338 g/mol. The highest BCUT2D eigenvalue weighted by Crippen LogP contribution is 2.30. The van der Waals surface area contributed by atoms with Gasteiger partial charge in [-0.25, -0.2) is 4.68 Å². The highest BCUT2D eigenvalue weighted by molar-refractivity contribution is 7.99. The number of carbonyl (C=O) groups excluding carboxylic acids is 2. The molecule has 0 saturated heterocycles. The minimum Gasteiger partial charge on any atom is -0.273 e. The molecule has 1 fully saturated rings. The maximum atomic E-state index is 12.4. The summed E-state index contributed by atoms with van der Waals surface area (Å²) in [6, 6.07) is 7.32. The normalized spacial score (nSPS) is 18.0. The number of fused-ring (bicyclic) bond motifs is 1. The third-order valence-electron chi connectivity index (χ3n) is 4.81. The molecule has 1 aromatic heterocycles. The summed E-state index contributed by atoms with van der Waals surface area (Å²) in [5.41, 5.74) is 0.981. The van der Waals surface area contributed by atoms with Crippen LogP contribution in [0.2, 0.25) is 0 Å². The molecular formula is C17H19N5O2S. The van der Waals surface area contributed by atoms with E-state index in [2.05, 4.69) is 15.5 Å². The number of rotatable bonds is 5. The molecule has 0 bridgehead atoms. The highest BCUT2D eigenvalue weighted by atomic mass is 32.2. The Morgan fingerprint density at radius 2 is 1.72 bits per heavy atom. The summed E-state index contributed by atoms with van der Waals surface area (Å²) in [5.74, 6) is 0.152. The second-order valence-electron chi connectivity index (χ2n) is 6.35. The first-order valence-electron chi connectivity index (χ1n) is 8.61. The molecule has 2 aromatic rings. The molecule has 0 unspecified atom stereocenters. The van der Waals surface area contributed by atoms with Crippen molar-refractivity contribution in [2.24, 2.45) is 0 Å². The van der Waals surface area contributed by atoms with Gasteiger partial charge in [0, 0.05) is 12.3 Å². The maximum absolute atomic E-state index is 12.4. The van der Waals surface area contributed by atoms with E-state index in [1.807, 2.05) is 4.68 Å². The molecule has 25 heavy (non-hydrogen) atoms. The molecule has 1 aliphatic heterocycles. The van der Waals surface area contributed by atoms with Crippen molar-refractivity contribution in [1.29, 1.82) is 0 Å². The fourth-order valence-corrected chi connectivity index (χ4v) is 4.37. The van der Waals surface area contributed by atoms with Crippen LogP contribution in [0.4, 0.5) is 0 Å². The number of carbonyl (C=O) groups is 2. The molecule has 2 heterocycles. The number of hydrogen-bond donors (Lipinski definition) is 0. The van der Waals surface area contributed by atoms with Crippen molar-refractivity contribution in [3.05, 3.63) is 35.4 Å². The Balaban J connectivity index is 1.39. The van der Waals surface area contributed by atoms with Gasteiger partial charge in [-0.15, -0.1) is 5.10 Å². The Hall–Kier alpha value is -2.22. The number of hydrogen-bond acceptors (Lipinski definition) is 6. The summed E-state index contributed by atoms with van der Waals surface area (Å²) in [5, 5.41) is 12.8. The van der Waals surface area contributed by atoms with Gasteiger partial charge in [-0.3, -0.25) is 14.5 Å². The molecule has 130 valence electrons. The Morgan fingerprint density at radius 3 is 2.40 bits per heavy atom. The van der Waals surface area contributed by atoms with E-state index < -0.39 is 0 Å². The van der Waals surface area contributed by atoms with Crippen LogP contribution in [-0.4, -0.2) is 49.2 Å². The summed E-state index contributed by atoms with van der Waals surface area (Å²) >= 11 is 1.50. The summed E-state index contributed by atoms with van der Waals surface area (Å²) in [6.45, 7) is 0.356. The number of nitrogens with zero attached hydrogens (tertiary/aromatic N) is 5. The van der Waals surface area contributed by atoms with Crippen molar-refractivity contribution in [2.75, 3.05) is 12.3 Å². The zero-order valence-corrected chi connectivity index (χ0v) is 14.6. The van der Waals surface area contributed by atoms with E-state index in [1.165, 1.54) is 35.9 Å². The molecule has 0 radical (unpaired) electrons. The first kappa shape index (κ1) is 16.3. The van der Waals surface area contributed by atoms with E-state index in [1.54, 1.807) is 24.3 Å². The summed E-state index contributed by atoms with van der Waals surface area (Å²) in [6.07, 6.45) is 5.92. The minimum atomic E-state index is -0.215. The van der Waals surface area contributed by atoms with Gasteiger partial charge in [-0.05, 0) is 35.4 Å². The summed E-state index contributed by atoms with van der Waals surface area (Å²) in [7, 11) is 0. The average Bonchev–Trinajstić information content (AvgIpc) is 3.22. The van der Waals surface area contributed by atoms with Crippen molar-refractivity contribution in [2.45, 2.75) is 43.3 Å². The zero-order chi connectivity index (χ0) is 17.2. The number of aromatic nitrogens is 4. The van der Waals surface area contributed by atoms with Crippen LogP contribution < -0.4 is 0 Å². The molecule has 0 N–H and O–H groups in total. The molecule has 0 atom stereocenters. The van der Waals surface area contributed by atoms with Crippen molar-refractivity contribution in [3.8, 4) is 0 Å². The zero-order valence-electron chi connectivity index (χ0n) is 13.8. The van der Waals surface area contributed by atoms with E-state index in [9.17, 15) is 9.59 Å². The number of tetrazole rings is 1. The van der Waals surface area contributed by atoms with Crippen LogP contribution in [0.3, 0.4) is 0 Å².